The highest BCUT2D eigenvalue weighted by Gasteiger charge is 2.37. The van der Waals surface area contributed by atoms with Crippen LogP contribution in [-0.2, 0) is 9.59 Å². The number of carbonyl (C=O) groups is 2. The van der Waals surface area contributed by atoms with Crippen LogP contribution in [0.15, 0.2) is 40.4 Å². The molecule has 1 fully saturated rings. The van der Waals surface area contributed by atoms with E-state index in [1.54, 1.807) is 12.1 Å². The summed E-state index contributed by atoms with van der Waals surface area (Å²) in [6.45, 7) is 11.6. The van der Waals surface area contributed by atoms with E-state index < -0.39 is 11.8 Å². The molecule has 0 aromatic heterocycles. The number of hydrogen-bond donors (Lipinski definition) is 1. The third-order valence-electron chi connectivity index (χ3n) is 6.62. The maximum atomic E-state index is 13.5. The van der Waals surface area contributed by atoms with Crippen LogP contribution in [0.2, 0.25) is 5.02 Å². The summed E-state index contributed by atoms with van der Waals surface area (Å²) in [5.74, 6) is -0.691. The Morgan fingerprint density at radius 2 is 1.94 bits per heavy atom. The van der Waals surface area contributed by atoms with Gasteiger partial charge in [-0.2, -0.15) is 0 Å². The van der Waals surface area contributed by atoms with Crippen molar-refractivity contribution >= 4 is 74.1 Å². The standard InChI is InChI=1S/C26H27BrClN3O2S/c1-6-30-22-12-20(28)16(10-18(22)15(3)13-26(30,4)5)11-19-23(32)29-25(34)31(24(19)33)21-8-7-17(27)9-14(21)2/h7-12,15H,6,13H2,1-5H3,(H,29,32,34)/b19-11-. The second kappa shape index (κ2) is 9.10. The molecule has 2 aliphatic heterocycles. The molecular weight excluding hydrogens is 534 g/mol. The average molecular weight is 561 g/mol. The summed E-state index contributed by atoms with van der Waals surface area (Å²) in [5.41, 5.74) is 4.39. The van der Waals surface area contributed by atoms with Gasteiger partial charge in [0.15, 0.2) is 5.11 Å². The zero-order valence-corrected chi connectivity index (χ0v) is 23.0. The van der Waals surface area contributed by atoms with E-state index in [9.17, 15) is 9.59 Å². The zero-order valence-electron chi connectivity index (χ0n) is 19.8. The summed E-state index contributed by atoms with van der Waals surface area (Å²) < 4.78 is 0.892. The second-order valence-corrected chi connectivity index (χ2v) is 11.2. The summed E-state index contributed by atoms with van der Waals surface area (Å²) in [6, 6.07) is 9.49. The minimum Gasteiger partial charge on any atom is -0.366 e. The van der Waals surface area contributed by atoms with E-state index in [4.69, 9.17) is 23.8 Å². The van der Waals surface area contributed by atoms with Crippen molar-refractivity contribution in [3.63, 3.8) is 0 Å². The number of thiocarbonyl (C=S) groups is 1. The molecule has 1 N–H and O–H groups in total. The largest absolute Gasteiger partial charge is 0.366 e. The van der Waals surface area contributed by atoms with E-state index in [1.807, 2.05) is 31.2 Å². The number of amides is 2. The molecule has 178 valence electrons. The Hall–Kier alpha value is -2.22. The molecule has 0 bridgehead atoms. The fraction of sp³-hybridized carbons (Fsp3) is 0.346. The van der Waals surface area contributed by atoms with Gasteiger partial charge in [0.05, 0.1) is 5.69 Å². The number of halogens is 2. The van der Waals surface area contributed by atoms with Gasteiger partial charge < -0.3 is 4.90 Å². The third kappa shape index (κ3) is 4.30. The Labute approximate surface area is 219 Å². The van der Waals surface area contributed by atoms with E-state index in [2.05, 4.69) is 53.8 Å². The lowest BCUT2D eigenvalue weighted by molar-refractivity contribution is -0.122. The van der Waals surface area contributed by atoms with E-state index in [-0.39, 0.29) is 16.2 Å². The number of aryl methyl sites for hydroxylation is 1. The van der Waals surface area contributed by atoms with Gasteiger partial charge in [-0.05, 0) is 105 Å². The first-order valence-corrected chi connectivity index (χ1v) is 12.8. The number of fused-ring (bicyclic) bond motifs is 1. The van der Waals surface area contributed by atoms with Crippen LogP contribution >= 0.6 is 39.7 Å². The van der Waals surface area contributed by atoms with Crippen molar-refractivity contribution < 1.29 is 9.59 Å². The number of carbonyl (C=O) groups excluding carboxylic acids is 2. The molecular formula is C26H27BrClN3O2S. The molecule has 0 spiro atoms. The molecule has 0 radical (unpaired) electrons. The molecule has 8 heteroatoms. The SMILES string of the molecule is CCN1c2cc(Cl)c(/C=C3/C(=O)NC(=S)N(c4ccc(Br)cc4C)C3=O)cc2C(C)CC1(C)C. The van der Waals surface area contributed by atoms with Crippen LogP contribution in [0.3, 0.4) is 0 Å². The molecule has 2 aromatic carbocycles. The number of hydrogen-bond acceptors (Lipinski definition) is 4. The molecule has 0 aliphatic carbocycles. The van der Waals surface area contributed by atoms with Crippen LogP contribution in [-0.4, -0.2) is 29.0 Å². The van der Waals surface area contributed by atoms with Gasteiger partial charge in [-0.25, -0.2) is 0 Å². The molecule has 1 atom stereocenters. The van der Waals surface area contributed by atoms with Gasteiger partial charge in [-0.1, -0.05) is 34.5 Å². The predicted octanol–water partition coefficient (Wildman–Crippen LogP) is 6.35. The highest BCUT2D eigenvalue weighted by atomic mass is 79.9. The number of rotatable bonds is 3. The normalized spacial score (nSPS) is 21.1. The number of nitrogens with one attached hydrogen (secondary N) is 1. The minimum atomic E-state index is -0.529. The van der Waals surface area contributed by atoms with Crippen LogP contribution in [0, 0.1) is 6.92 Å². The summed E-state index contributed by atoms with van der Waals surface area (Å²) in [7, 11) is 0. The Morgan fingerprint density at radius 1 is 1.24 bits per heavy atom. The third-order valence-corrected chi connectivity index (χ3v) is 7.73. The molecule has 2 aliphatic rings. The monoisotopic (exact) mass is 559 g/mol. The van der Waals surface area contributed by atoms with E-state index in [0.29, 0.717) is 22.2 Å². The lowest BCUT2D eigenvalue weighted by Crippen LogP contribution is -2.54. The van der Waals surface area contributed by atoms with Gasteiger partial charge in [0.25, 0.3) is 11.8 Å². The molecule has 2 aromatic rings. The van der Waals surface area contributed by atoms with Gasteiger partial charge in [0.2, 0.25) is 0 Å². The van der Waals surface area contributed by atoms with Crippen molar-refractivity contribution in [2.45, 2.75) is 52.5 Å². The molecule has 2 amide bonds. The first-order valence-electron chi connectivity index (χ1n) is 11.2. The molecule has 34 heavy (non-hydrogen) atoms. The quantitative estimate of drug-likeness (QED) is 0.270. The Kier molecular flexibility index (Phi) is 6.66. The van der Waals surface area contributed by atoms with Crippen molar-refractivity contribution in [3.8, 4) is 0 Å². The summed E-state index contributed by atoms with van der Waals surface area (Å²) in [5, 5.41) is 3.21. The number of anilines is 2. The Morgan fingerprint density at radius 3 is 2.59 bits per heavy atom. The molecule has 0 saturated carbocycles. The average Bonchev–Trinajstić information content (AvgIpc) is 2.72. The number of benzene rings is 2. The maximum Gasteiger partial charge on any atom is 0.270 e. The predicted molar refractivity (Wildman–Crippen MR) is 147 cm³/mol. The summed E-state index contributed by atoms with van der Waals surface area (Å²) in [4.78, 5) is 30.0. The highest BCUT2D eigenvalue weighted by Crippen LogP contribution is 2.45. The van der Waals surface area contributed by atoms with Gasteiger partial charge in [-0.15, -0.1) is 0 Å². The van der Waals surface area contributed by atoms with E-state index in [0.717, 1.165) is 34.3 Å². The molecule has 1 saturated heterocycles. The first kappa shape index (κ1) is 24.9. The van der Waals surface area contributed by atoms with Crippen LogP contribution < -0.4 is 15.1 Å². The van der Waals surface area contributed by atoms with Crippen LogP contribution in [0.4, 0.5) is 11.4 Å². The van der Waals surface area contributed by atoms with Crippen LogP contribution in [0.5, 0.6) is 0 Å². The van der Waals surface area contributed by atoms with Crippen molar-refractivity contribution in [1.82, 2.24) is 5.32 Å². The van der Waals surface area contributed by atoms with Crippen molar-refractivity contribution in [2.24, 2.45) is 0 Å². The van der Waals surface area contributed by atoms with Gasteiger partial charge in [-0.3, -0.25) is 19.8 Å². The van der Waals surface area contributed by atoms with Crippen molar-refractivity contribution in [3.05, 3.63) is 62.1 Å². The smallest absolute Gasteiger partial charge is 0.270 e. The van der Waals surface area contributed by atoms with Gasteiger partial charge in [0.1, 0.15) is 5.57 Å². The van der Waals surface area contributed by atoms with Crippen LogP contribution in [0.25, 0.3) is 6.08 Å². The summed E-state index contributed by atoms with van der Waals surface area (Å²) >= 11 is 15.5. The molecule has 2 heterocycles. The summed E-state index contributed by atoms with van der Waals surface area (Å²) in [6.07, 6.45) is 2.57. The lowest BCUT2D eigenvalue weighted by Gasteiger charge is -2.47. The van der Waals surface area contributed by atoms with Crippen molar-refractivity contribution in [1.29, 1.82) is 0 Å². The van der Waals surface area contributed by atoms with Gasteiger partial charge in [0, 0.05) is 27.3 Å². The second-order valence-electron chi connectivity index (χ2n) is 9.48. The minimum absolute atomic E-state index is 0.00564. The van der Waals surface area contributed by atoms with E-state index in [1.165, 1.54) is 4.90 Å². The number of nitrogens with zero attached hydrogens (tertiary/aromatic N) is 2. The van der Waals surface area contributed by atoms with E-state index >= 15 is 0 Å². The Bertz CT molecular complexity index is 1260. The lowest BCUT2D eigenvalue weighted by atomic mass is 9.79. The van der Waals surface area contributed by atoms with Crippen LogP contribution in [0.1, 0.15) is 56.7 Å². The zero-order chi connectivity index (χ0) is 24.9. The molecule has 1 unspecified atom stereocenters. The highest BCUT2D eigenvalue weighted by molar-refractivity contribution is 9.10. The fourth-order valence-corrected chi connectivity index (χ4v) is 6.09. The molecule has 5 nitrogen and oxygen atoms in total. The Balaban J connectivity index is 1.79. The molecule has 4 rings (SSSR count). The topological polar surface area (TPSA) is 52.7 Å². The fourth-order valence-electron chi connectivity index (χ4n) is 5.13. The van der Waals surface area contributed by atoms with Gasteiger partial charge >= 0.3 is 0 Å². The first-order chi connectivity index (χ1) is 15.9. The van der Waals surface area contributed by atoms with Crippen molar-refractivity contribution in [2.75, 3.05) is 16.3 Å². The maximum absolute atomic E-state index is 13.5.